The number of fused-ring (bicyclic) bond motifs is 3. The summed E-state index contributed by atoms with van der Waals surface area (Å²) < 4.78 is 34.3. The van der Waals surface area contributed by atoms with Gasteiger partial charge < -0.3 is 14.6 Å². The van der Waals surface area contributed by atoms with E-state index in [1.807, 2.05) is 31.2 Å². The van der Waals surface area contributed by atoms with Crippen molar-refractivity contribution in [3.63, 3.8) is 0 Å². The predicted molar refractivity (Wildman–Crippen MR) is 141 cm³/mol. The molecule has 0 spiro atoms. The molecule has 2 aliphatic carbocycles. The summed E-state index contributed by atoms with van der Waals surface area (Å²) in [4.78, 5) is 15.8. The minimum absolute atomic E-state index is 0.0931. The van der Waals surface area contributed by atoms with Gasteiger partial charge in [0.25, 0.3) is 0 Å². The second kappa shape index (κ2) is 9.82. The molecule has 0 amide bonds. The average molecular weight is 522 g/mol. The number of carboxylic acids is 1. The molecule has 2 aliphatic rings. The number of aryl methyl sites for hydroxylation is 1. The molecule has 0 aliphatic heterocycles. The maximum absolute atomic E-state index is 11.3. The molecule has 0 radical (unpaired) electrons. The number of carbonyl (C=O) groups is 1. The number of hydrogen-bond donors (Lipinski definition) is 1. The van der Waals surface area contributed by atoms with Gasteiger partial charge in [0.05, 0.1) is 18.3 Å². The maximum atomic E-state index is 11.3. The fourth-order valence-corrected chi connectivity index (χ4v) is 6.14. The lowest BCUT2D eigenvalue weighted by Gasteiger charge is -2.15. The van der Waals surface area contributed by atoms with Gasteiger partial charge in [-0.25, -0.2) is 13.4 Å². The van der Waals surface area contributed by atoms with Crippen LogP contribution >= 0.6 is 0 Å². The molecular formula is C29H31NO6S. The molecule has 7 nitrogen and oxygen atoms in total. The van der Waals surface area contributed by atoms with Crippen molar-refractivity contribution in [2.24, 2.45) is 11.8 Å². The molecule has 2 aromatic carbocycles. The van der Waals surface area contributed by atoms with Crippen LogP contribution in [0.25, 0.3) is 11.1 Å². The number of nitrogens with zero attached hydrogens (tertiary/aromatic N) is 1. The van der Waals surface area contributed by atoms with E-state index in [1.54, 1.807) is 6.20 Å². The SMILES string of the molecule is Cc1cc(OCCCS(C)(=O)=O)ncc1-c1cccc(COc2ccc3c(c2)CC2C(C(=O)O)C32)c1C. The van der Waals surface area contributed by atoms with Crippen LogP contribution in [0.2, 0.25) is 0 Å². The van der Waals surface area contributed by atoms with E-state index in [0.29, 0.717) is 25.5 Å². The van der Waals surface area contributed by atoms with Crippen molar-refractivity contribution >= 4 is 15.8 Å². The minimum Gasteiger partial charge on any atom is -0.489 e. The molecule has 1 saturated carbocycles. The van der Waals surface area contributed by atoms with Gasteiger partial charge in [0.2, 0.25) is 5.88 Å². The number of benzene rings is 2. The first-order chi connectivity index (χ1) is 17.6. The number of ether oxygens (including phenoxy) is 2. The molecule has 0 saturated heterocycles. The Kier molecular flexibility index (Phi) is 6.70. The Labute approximate surface area is 217 Å². The Balaban J connectivity index is 1.24. The van der Waals surface area contributed by atoms with Crippen molar-refractivity contribution in [1.82, 2.24) is 4.98 Å². The normalized spacial score (nSPS) is 19.7. The first kappa shape index (κ1) is 25.3. The second-order valence-electron chi connectivity index (χ2n) is 10.2. The predicted octanol–water partition coefficient (Wildman–Crippen LogP) is 4.73. The summed E-state index contributed by atoms with van der Waals surface area (Å²) in [5.74, 6) is 0.874. The third kappa shape index (κ3) is 5.34. The van der Waals surface area contributed by atoms with E-state index in [0.717, 1.165) is 45.6 Å². The van der Waals surface area contributed by atoms with Gasteiger partial charge in [0, 0.05) is 30.0 Å². The van der Waals surface area contributed by atoms with E-state index >= 15 is 0 Å². The Morgan fingerprint density at radius 2 is 1.92 bits per heavy atom. The van der Waals surface area contributed by atoms with Gasteiger partial charge in [0.15, 0.2) is 0 Å². The van der Waals surface area contributed by atoms with Gasteiger partial charge in [0.1, 0.15) is 22.2 Å². The molecule has 194 valence electrons. The summed E-state index contributed by atoms with van der Waals surface area (Å²) >= 11 is 0. The lowest BCUT2D eigenvalue weighted by atomic mass is 9.95. The number of aromatic nitrogens is 1. The standard InChI is InChI=1S/C29H31NO6S/c1-17-12-26(35-10-5-11-37(3,33)34)30-15-25(17)22-7-4-6-19(18(22)2)16-36-21-8-9-23-20(13-21)14-24-27(23)28(24)29(31)32/h4,6-9,12-13,15,24,27-28H,5,10-11,14,16H2,1-3H3,(H,31,32). The molecule has 1 N–H and O–H groups in total. The smallest absolute Gasteiger partial charge is 0.307 e. The van der Waals surface area contributed by atoms with Crippen molar-refractivity contribution in [2.45, 2.75) is 39.2 Å². The van der Waals surface area contributed by atoms with E-state index < -0.39 is 15.8 Å². The number of rotatable bonds is 10. The summed E-state index contributed by atoms with van der Waals surface area (Å²) in [5.41, 5.74) is 7.65. The van der Waals surface area contributed by atoms with Gasteiger partial charge >= 0.3 is 5.97 Å². The van der Waals surface area contributed by atoms with Crippen LogP contribution in [-0.2, 0) is 27.7 Å². The molecule has 37 heavy (non-hydrogen) atoms. The third-order valence-corrected chi connectivity index (χ3v) is 8.54. The average Bonchev–Trinajstić information content (AvgIpc) is 3.43. The van der Waals surface area contributed by atoms with Crippen LogP contribution in [0.3, 0.4) is 0 Å². The van der Waals surface area contributed by atoms with Gasteiger partial charge in [-0.15, -0.1) is 0 Å². The molecule has 1 aromatic heterocycles. The van der Waals surface area contributed by atoms with Gasteiger partial charge in [-0.2, -0.15) is 0 Å². The van der Waals surface area contributed by atoms with Gasteiger partial charge in [-0.3, -0.25) is 4.79 Å². The lowest BCUT2D eigenvalue weighted by Crippen LogP contribution is -2.08. The number of hydrogen-bond acceptors (Lipinski definition) is 6. The van der Waals surface area contributed by atoms with E-state index in [-0.39, 0.29) is 23.5 Å². The zero-order valence-electron chi connectivity index (χ0n) is 21.2. The number of pyridine rings is 1. The zero-order chi connectivity index (χ0) is 26.3. The van der Waals surface area contributed by atoms with Crippen molar-refractivity contribution in [3.05, 3.63) is 76.5 Å². The van der Waals surface area contributed by atoms with E-state index in [9.17, 15) is 18.3 Å². The monoisotopic (exact) mass is 521 g/mol. The summed E-state index contributed by atoms with van der Waals surface area (Å²) in [6.07, 6.45) is 4.25. The topological polar surface area (TPSA) is 103 Å². The number of carboxylic acid groups (broad SMARTS) is 1. The third-order valence-electron chi connectivity index (χ3n) is 7.51. The van der Waals surface area contributed by atoms with E-state index in [4.69, 9.17) is 9.47 Å². The molecule has 5 rings (SSSR count). The van der Waals surface area contributed by atoms with Crippen molar-refractivity contribution in [3.8, 4) is 22.8 Å². The number of sulfone groups is 1. The summed E-state index contributed by atoms with van der Waals surface area (Å²) in [5, 5.41) is 9.33. The maximum Gasteiger partial charge on any atom is 0.307 e. The van der Waals surface area contributed by atoms with E-state index in [1.165, 1.54) is 11.8 Å². The van der Waals surface area contributed by atoms with Crippen LogP contribution in [0.1, 0.15) is 40.2 Å². The molecule has 0 bridgehead atoms. The lowest BCUT2D eigenvalue weighted by molar-refractivity contribution is -0.139. The highest BCUT2D eigenvalue weighted by molar-refractivity contribution is 7.90. The van der Waals surface area contributed by atoms with Crippen LogP contribution in [0, 0.1) is 25.7 Å². The Morgan fingerprint density at radius 3 is 2.65 bits per heavy atom. The van der Waals surface area contributed by atoms with Gasteiger partial charge in [-0.05, 0) is 78.1 Å². The first-order valence-corrected chi connectivity index (χ1v) is 14.5. The largest absolute Gasteiger partial charge is 0.489 e. The van der Waals surface area contributed by atoms with Crippen LogP contribution < -0.4 is 9.47 Å². The van der Waals surface area contributed by atoms with Crippen LogP contribution in [0.15, 0.2) is 48.7 Å². The molecular weight excluding hydrogens is 490 g/mol. The summed E-state index contributed by atoms with van der Waals surface area (Å²) in [6.45, 7) is 4.81. The highest BCUT2D eigenvalue weighted by Gasteiger charge is 2.59. The first-order valence-electron chi connectivity index (χ1n) is 12.5. The quantitative estimate of drug-likeness (QED) is 0.385. The van der Waals surface area contributed by atoms with Crippen molar-refractivity contribution in [2.75, 3.05) is 18.6 Å². The molecule has 3 aromatic rings. The Morgan fingerprint density at radius 1 is 1.11 bits per heavy atom. The fraction of sp³-hybridized carbons (Fsp3) is 0.379. The molecule has 3 atom stereocenters. The van der Waals surface area contributed by atoms with Crippen LogP contribution in [0.5, 0.6) is 11.6 Å². The Bertz CT molecular complexity index is 1470. The Hall–Kier alpha value is -3.39. The molecule has 3 unspecified atom stereocenters. The second-order valence-corrected chi connectivity index (χ2v) is 12.4. The summed E-state index contributed by atoms with van der Waals surface area (Å²) in [6, 6.07) is 14.0. The van der Waals surface area contributed by atoms with Crippen molar-refractivity contribution < 1.29 is 27.8 Å². The zero-order valence-corrected chi connectivity index (χ0v) is 22.0. The van der Waals surface area contributed by atoms with Crippen molar-refractivity contribution in [1.29, 1.82) is 0 Å². The van der Waals surface area contributed by atoms with Crippen LogP contribution in [0.4, 0.5) is 0 Å². The summed E-state index contributed by atoms with van der Waals surface area (Å²) in [7, 11) is -3.00. The minimum atomic E-state index is -3.00. The van der Waals surface area contributed by atoms with Crippen LogP contribution in [-0.4, -0.2) is 43.1 Å². The molecule has 1 heterocycles. The van der Waals surface area contributed by atoms with Gasteiger partial charge in [-0.1, -0.05) is 24.3 Å². The number of aliphatic carboxylic acids is 1. The molecule has 8 heteroatoms. The highest BCUT2D eigenvalue weighted by atomic mass is 32.2. The molecule has 1 fully saturated rings. The highest BCUT2D eigenvalue weighted by Crippen LogP contribution is 2.61. The van der Waals surface area contributed by atoms with E-state index in [2.05, 4.69) is 30.1 Å². The fourth-order valence-electron chi connectivity index (χ4n) is 5.50.